The molecule has 0 saturated carbocycles. The fraction of sp³-hybridized carbons (Fsp3) is 0.350. The summed E-state index contributed by atoms with van der Waals surface area (Å²) in [6.45, 7) is 10.5. The minimum absolute atomic E-state index is 0.0179. The largest absolute Gasteiger partial charge is 0.484 e. The molecule has 0 aliphatic heterocycles. The van der Waals surface area contributed by atoms with E-state index in [1.165, 1.54) is 11.1 Å². The smallest absolute Gasteiger partial charge is 0.262 e. The molecule has 2 aromatic carbocycles. The van der Waals surface area contributed by atoms with Gasteiger partial charge in [-0.05, 0) is 76.1 Å². The Hall–Kier alpha value is -1.81. The van der Waals surface area contributed by atoms with Crippen LogP contribution in [0.3, 0.4) is 0 Å². The van der Waals surface area contributed by atoms with E-state index < -0.39 is 0 Å². The molecule has 2 aromatic rings. The first kappa shape index (κ1) is 18.5. The van der Waals surface area contributed by atoms with Gasteiger partial charge in [-0.15, -0.1) is 0 Å². The second kappa shape index (κ2) is 7.39. The van der Waals surface area contributed by atoms with Gasteiger partial charge in [0.1, 0.15) is 5.75 Å². The lowest BCUT2D eigenvalue weighted by Crippen LogP contribution is -2.20. The highest BCUT2D eigenvalue weighted by atomic mass is 79.9. The van der Waals surface area contributed by atoms with Gasteiger partial charge in [0.2, 0.25) is 0 Å². The standard InChI is InChI=1S/C20H24BrNO2/c1-13-6-8-16(10-14(13)2)24-12-19(23)22-18-9-7-15(11-17(18)21)20(3,4)5/h6-11H,12H2,1-5H3,(H,22,23). The quantitative estimate of drug-likeness (QED) is 0.761. The Balaban J connectivity index is 1.98. The lowest BCUT2D eigenvalue weighted by Gasteiger charge is -2.20. The molecule has 0 bridgehead atoms. The van der Waals surface area contributed by atoms with Crippen molar-refractivity contribution in [2.75, 3.05) is 11.9 Å². The highest BCUT2D eigenvalue weighted by Crippen LogP contribution is 2.30. The molecule has 0 spiro atoms. The molecule has 3 nitrogen and oxygen atoms in total. The van der Waals surface area contributed by atoms with Crippen molar-refractivity contribution >= 4 is 27.5 Å². The van der Waals surface area contributed by atoms with Crippen molar-refractivity contribution < 1.29 is 9.53 Å². The zero-order chi connectivity index (χ0) is 17.9. The van der Waals surface area contributed by atoms with E-state index in [1.54, 1.807) is 0 Å². The molecule has 1 N–H and O–H groups in total. The summed E-state index contributed by atoms with van der Waals surface area (Å²) in [7, 11) is 0. The van der Waals surface area contributed by atoms with Crippen LogP contribution in [0.4, 0.5) is 5.69 Å². The Labute approximate surface area is 152 Å². The number of amides is 1. The van der Waals surface area contributed by atoms with Gasteiger partial charge in [0.25, 0.3) is 5.91 Å². The van der Waals surface area contributed by atoms with Crippen LogP contribution in [-0.4, -0.2) is 12.5 Å². The predicted molar refractivity (Wildman–Crippen MR) is 103 cm³/mol. The van der Waals surface area contributed by atoms with Crippen molar-refractivity contribution in [1.29, 1.82) is 0 Å². The topological polar surface area (TPSA) is 38.3 Å². The Morgan fingerprint density at radius 2 is 1.79 bits per heavy atom. The number of benzene rings is 2. The van der Waals surface area contributed by atoms with E-state index in [1.807, 2.05) is 50.2 Å². The molecule has 2 rings (SSSR count). The number of aryl methyl sites for hydroxylation is 2. The zero-order valence-electron chi connectivity index (χ0n) is 14.9. The summed E-state index contributed by atoms with van der Waals surface area (Å²) >= 11 is 3.53. The molecule has 0 aliphatic carbocycles. The van der Waals surface area contributed by atoms with Gasteiger partial charge >= 0.3 is 0 Å². The summed E-state index contributed by atoms with van der Waals surface area (Å²) in [5.41, 5.74) is 4.37. The van der Waals surface area contributed by atoms with Crippen molar-refractivity contribution in [3.63, 3.8) is 0 Å². The number of anilines is 1. The van der Waals surface area contributed by atoms with Gasteiger partial charge < -0.3 is 10.1 Å². The summed E-state index contributed by atoms with van der Waals surface area (Å²) in [5, 5.41) is 2.87. The molecule has 0 saturated heterocycles. The minimum atomic E-state index is -0.183. The van der Waals surface area contributed by atoms with Gasteiger partial charge in [0.05, 0.1) is 5.69 Å². The Bertz CT molecular complexity index is 748. The molecule has 24 heavy (non-hydrogen) atoms. The van der Waals surface area contributed by atoms with Gasteiger partial charge in [0, 0.05) is 4.47 Å². The predicted octanol–water partition coefficient (Wildman–Crippen LogP) is 5.38. The van der Waals surface area contributed by atoms with Crippen LogP contribution in [0.2, 0.25) is 0 Å². The van der Waals surface area contributed by atoms with Crippen LogP contribution in [0.25, 0.3) is 0 Å². The van der Waals surface area contributed by atoms with E-state index in [-0.39, 0.29) is 17.9 Å². The number of halogens is 1. The van der Waals surface area contributed by atoms with E-state index in [0.717, 1.165) is 15.7 Å². The van der Waals surface area contributed by atoms with Crippen LogP contribution < -0.4 is 10.1 Å². The summed E-state index contributed by atoms with van der Waals surface area (Å²) in [6, 6.07) is 11.8. The molecule has 1 amide bonds. The van der Waals surface area contributed by atoms with E-state index >= 15 is 0 Å². The SMILES string of the molecule is Cc1ccc(OCC(=O)Nc2ccc(C(C)(C)C)cc2Br)cc1C. The van der Waals surface area contributed by atoms with E-state index in [0.29, 0.717) is 5.75 Å². The first-order valence-electron chi connectivity index (χ1n) is 7.97. The molecule has 0 atom stereocenters. The molecule has 0 unspecified atom stereocenters. The van der Waals surface area contributed by atoms with Crippen molar-refractivity contribution in [1.82, 2.24) is 0 Å². The maximum Gasteiger partial charge on any atom is 0.262 e. The molecule has 0 radical (unpaired) electrons. The second-order valence-corrected chi connectivity index (χ2v) is 7.88. The fourth-order valence-corrected chi connectivity index (χ4v) is 2.70. The fourth-order valence-electron chi connectivity index (χ4n) is 2.22. The number of ether oxygens (including phenoxy) is 1. The summed E-state index contributed by atoms with van der Waals surface area (Å²) in [5.74, 6) is 0.521. The molecule has 128 valence electrons. The number of rotatable bonds is 4. The van der Waals surface area contributed by atoms with Crippen LogP contribution in [0.15, 0.2) is 40.9 Å². The number of hydrogen-bond acceptors (Lipinski definition) is 2. The van der Waals surface area contributed by atoms with Crippen LogP contribution >= 0.6 is 15.9 Å². The minimum Gasteiger partial charge on any atom is -0.484 e. The number of carbonyl (C=O) groups excluding carboxylic acids is 1. The number of nitrogens with one attached hydrogen (secondary N) is 1. The number of carbonyl (C=O) groups is 1. The van der Waals surface area contributed by atoms with Crippen molar-refractivity contribution in [3.8, 4) is 5.75 Å². The highest BCUT2D eigenvalue weighted by Gasteiger charge is 2.15. The molecule has 4 heteroatoms. The third-order valence-electron chi connectivity index (χ3n) is 3.96. The molecule has 0 aliphatic rings. The highest BCUT2D eigenvalue weighted by molar-refractivity contribution is 9.10. The Morgan fingerprint density at radius 3 is 2.38 bits per heavy atom. The average Bonchev–Trinajstić information content (AvgIpc) is 2.49. The average molecular weight is 390 g/mol. The van der Waals surface area contributed by atoms with E-state index in [2.05, 4.69) is 42.0 Å². The first-order valence-corrected chi connectivity index (χ1v) is 8.76. The van der Waals surface area contributed by atoms with Crippen LogP contribution in [0.5, 0.6) is 5.75 Å². The molecular formula is C20H24BrNO2. The lowest BCUT2D eigenvalue weighted by atomic mass is 9.87. The van der Waals surface area contributed by atoms with Gasteiger partial charge in [-0.3, -0.25) is 4.79 Å². The summed E-state index contributed by atoms with van der Waals surface area (Å²) in [4.78, 5) is 12.1. The molecule has 0 aromatic heterocycles. The summed E-state index contributed by atoms with van der Waals surface area (Å²) < 4.78 is 6.44. The van der Waals surface area contributed by atoms with Crippen LogP contribution in [0, 0.1) is 13.8 Å². The molecule has 0 fully saturated rings. The van der Waals surface area contributed by atoms with E-state index in [9.17, 15) is 4.79 Å². The Kier molecular flexibility index (Phi) is 5.70. The third-order valence-corrected chi connectivity index (χ3v) is 4.61. The summed E-state index contributed by atoms with van der Waals surface area (Å²) in [6.07, 6.45) is 0. The van der Waals surface area contributed by atoms with Crippen molar-refractivity contribution in [3.05, 3.63) is 57.6 Å². The maximum atomic E-state index is 12.1. The van der Waals surface area contributed by atoms with Crippen LogP contribution in [-0.2, 0) is 10.2 Å². The Morgan fingerprint density at radius 1 is 1.08 bits per heavy atom. The first-order chi connectivity index (χ1) is 11.2. The van der Waals surface area contributed by atoms with Gasteiger partial charge in [-0.1, -0.05) is 32.9 Å². The third kappa shape index (κ3) is 4.84. The monoisotopic (exact) mass is 389 g/mol. The zero-order valence-corrected chi connectivity index (χ0v) is 16.5. The second-order valence-electron chi connectivity index (χ2n) is 7.03. The van der Waals surface area contributed by atoms with Gasteiger partial charge in [-0.25, -0.2) is 0 Å². The normalized spacial score (nSPS) is 11.2. The van der Waals surface area contributed by atoms with Crippen molar-refractivity contribution in [2.45, 2.75) is 40.0 Å². The van der Waals surface area contributed by atoms with Crippen molar-refractivity contribution in [2.24, 2.45) is 0 Å². The maximum absolute atomic E-state index is 12.1. The van der Waals surface area contributed by atoms with Crippen LogP contribution in [0.1, 0.15) is 37.5 Å². The van der Waals surface area contributed by atoms with Gasteiger partial charge in [-0.2, -0.15) is 0 Å². The number of hydrogen-bond donors (Lipinski definition) is 1. The molecule has 0 heterocycles. The molecular weight excluding hydrogens is 366 g/mol. The van der Waals surface area contributed by atoms with Gasteiger partial charge in [0.15, 0.2) is 6.61 Å². The lowest BCUT2D eigenvalue weighted by molar-refractivity contribution is -0.118. The van der Waals surface area contributed by atoms with E-state index in [4.69, 9.17) is 4.74 Å².